The monoisotopic (exact) mass is 560 g/mol. The molecule has 2 heterocycles. The van der Waals surface area contributed by atoms with Crippen LogP contribution in [-0.4, -0.2) is 127 Å². The second kappa shape index (κ2) is 13.8. The Bertz CT molecular complexity index is 1080. The third-order valence-corrected chi connectivity index (χ3v) is 8.18. The predicted octanol–water partition coefficient (Wildman–Crippen LogP) is 0.255. The lowest BCUT2D eigenvalue weighted by Crippen LogP contribution is -2.49. The highest BCUT2D eigenvalue weighted by molar-refractivity contribution is 7.99. The van der Waals surface area contributed by atoms with Crippen LogP contribution in [0.1, 0.15) is 36.5 Å². The highest BCUT2D eigenvalue weighted by atomic mass is 32.2. The zero-order chi connectivity index (χ0) is 28.7. The lowest BCUT2D eigenvalue weighted by molar-refractivity contribution is -0.140. The van der Waals surface area contributed by atoms with E-state index in [0.717, 1.165) is 4.90 Å². The standard InChI is InChI=1S/C27H40N6O5S/c1-18(34)29-20-14-21-17-39-22-8-6-7-19(13-22)27(38)32(5)23(26(37)28-11-12-30(2)3)9-10-24(35)31(4)16-25(36)33(21)15-20/h6-8,13,20-21,23H,9-12,14-17H2,1-5H3,(H,28,37)(H,29,34)/t20-,21+,23+/m1/s1. The van der Waals surface area contributed by atoms with Gasteiger partial charge in [-0.05, 0) is 45.1 Å². The molecule has 2 aliphatic rings. The van der Waals surface area contributed by atoms with Gasteiger partial charge >= 0.3 is 0 Å². The number of benzene rings is 1. The molecule has 2 bridgehead atoms. The summed E-state index contributed by atoms with van der Waals surface area (Å²) in [6.45, 7) is 2.78. The van der Waals surface area contributed by atoms with Gasteiger partial charge in [0.25, 0.3) is 5.91 Å². The van der Waals surface area contributed by atoms with Crippen LogP contribution in [0.25, 0.3) is 0 Å². The van der Waals surface area contributed by atoms with Crippen LogP contribution in [0.3, 0.4) is 0 Å². The molecule has 1 fully saturated rings. The molecule has 0 aromatic heterocycles. The van der Waals surface area contributed by atoms with Gasteiger partial charge in [-0.25, -0.2) is 0 Å². The molecular weight excluding hydrogens is 520 g/mol. The summed E-state index contributed by atoms with van der Waals surface area (Å²) in [7, 11) is 6.95. The molecule has 1 aromatic rings. The Balaban J connectivity index is 1.87. The number of hydrogen-bond acceptors (Lipinski definition) is 7. The summed E-state index contributed by atoms with van der Waals surface area (Å²) >= 11 is 1.53. The van der Waals surface area contributed by atoms with Crippen molar-refractivity contribution in [1.29, 1.82) is 0 Å². The zero-order valence-corrected chi connectivity index (χ0v) is 24.3. The third-order valence-electron chi connectivity index (χ3n) is 7.04. The molecule has 0 unspecified atom stereocenters. The summed E-state index contributed by atoms with van der Waals surface area (Å²) in [5.41, 5.74) is 0.444. The van der Waals surface area contributed by atoms with Gasteiger partial charge in [0.1, 0.15) is 6.04 Å². The Hall–Kier alpha value is -3.12. The minimum atomic E-state index is -0.849. The van der Waals surface area contributed by atoms with Gasteiger partial charge in [-0.1, -0.05) is 6.07 Å². The van der Waals surface area contributed by atoms with Gasteiger partial charge < -0.3 is 30.2 Å². The number of likely N-dealkylation sites (N-methyl/N-ethyl adjacent to an activating group) is 3. The van der Waals surface area contributed by atoms with Crippen LogP contribution in [0, 0.1) is 0 Å². The molecule has 1 aromatic carbocycles. The Morgan fingerprint density at radius 2 is 1.87 bits per heavy atom. The minimum absolute atomic E-state index is 0.000996. The largest absolute Gasteiger partial charge is 0.353 e. The summed E-state index contributed by atoms with van der Waals surface area (Å²) in [6.07, 6.45) is 0.738. The summed E-state index contributed by atoms with van der Waals surface area (Å²) in [6, 6.07) is 6.08. The third kappa shape index (κ3) is 8.43. The van der Waals surface area contributed by atoms with E-state index in [0.29, 0.717) is 37.4 Å². The number of carbonyl (C=O) groups excluding carboxylic acids is 5. The molecule has 12 heteroatoms. The maximum absolute atomic E-state index is 13.5. The van der Waals surface area contributed by atoms with E-state index >= 15 is 0 Å². The number of nitrogens with zero attached hydrogens (tertiary/aromatic N) is 4. The zero-order valence-electron chi connectivity index (χ0n) is 23.4. The van der Waals surface area contributed by atoms with Crippen molar-refractivity contribution in [3.8, 4) is 0 Å². The van der Waals surface area contributed by atoms with Crippen molar-refractivity contribution in [2.75, 3.05) is 60.1 Å². The first kappa shape index (κ1) is 30.4. The van der Waals surface area contributed by atoms with Crippen LogP contribution in [0.15, 0.2) is 29.2 Å². The van der Waals surface area contributed by atoms with Crippen molar-refractivity contribution < 1.29 is 24.0 Å². The van der Waals surface area contributed by atoms with Gasteiger partial charge in [0, 0.05) is 75.4 Å². The Kier molecular flexibility index (Phi) is 10.8. The van der Waals surface area contributed by atoms with E-state index in [1.165, 1.54) is 28.5 Å². The molecule has 0 saturated carbocycles. The van der Waals surface area contributed by atoms with Gasteiger partial charge in [0.2, 0.25) is 23.6 Å². The van der Waals surface area contributed by atoms with E-state index in [1.54, 1.807) is 37.2 Å². The van der Waals surface area contributed by atoms with E-state index in [4.69, 9.17) is 0 Å². The van der Waals surface area contributed by atoms with Crippen LogP contribution >= 0.6 is 11.8 Å². The molecule has 2 N–H and O–H groups in total. The highest BCUT2D eigenvalue weighted by Gasteiger charge is 2.36. The van der Waals surface area contributed by atoms with Crippen molar-refractivity contribution in [1.82, 2.24) is 30.2 Å². The first-order valence-corrected chi connectivity index (χ1v) is 14.2. The molecule has 3 atom stereocenters. The Morgan fingerprint density at radius 3 is 2.56 bits per heavy atom. The average Bonchev–Trinajstić information content (AvgIpc) is 3.28. The fourth-order valence-electron chi connectivity index (χ4n) is 4.88. The molecule has 11 nitrogen and oxygen atoms in total. The van der Waals surface area contributed by atoms with Gasteiger partial charge in [0.05, 0.1) is 6.54 Å². The molecule has 0 aliphatic carbocycles. The van der Waals surface area contributed by atoms with E-state index in [9.17, 15) is 24.0 Å². The first-order chi connectivity index (χ1) is 18.5. The van der Waals surface area contributed by atoms with E-state index in [2.05, 4.69) is 10.6 Å². The normalized spacial score (nSPS) is 23.2. The van der Waals surface area contributed by atoms with Gasteiger partial charge in [0.15, 0.2) is 0 Å². The molecule has 0 radical (unpaired) electrons. The lowest BCUT2D eigenvalue weighted by Gasteiger charge is -2.30. The van der Waals surface area contributed by atoms with Crippen LogP contribution in [0.2, 0.25) is 0 Å². The van der Waals surface area contributed by atoms with Crippen molar-refractivity contribution in [3.63, 3.8) is 0 Å². The number of nitrogens with one attached hydrogen (secondary N) is 2. The van der Waals surface area contributed by atoms with Crippen LogP contribution in [0.4, 0.5) is 0 Å². The topological polar surface area (TPSA) is 122 Å². The van der Waals surface area contributed by atoms with Gasteiger partial charge in [-0.2, -0.15) is 0 Å². The quantitative estimate of drug-likeness (QED) is 0.530. The predicted molar refractivity (Wildman–Crippen MR) is 149 cm³/mol. The molecule has 0 spiro atoms. The Morgan fingerprint density at radius 1 is 1.13 bits per heavy atom. The van der Waals surface area contributed by atoms with Crippen molar-refractivity contribution in [3.05, 3.63) is 29.8 Å². The molecule has 5 amide bonds. The second-order valence-corrected chi connectivity index (χ2v) is 11.6. The molecule has 3 rings (SSSR count). The minimum Gasteiger partial charge on any atom is -0.353 e. The number of thioether (sulfide) groups is 1. The van der Waals surface area contributed by atoms with Crippen LogP contribution < -0.4 is 10.6 Å². The van der Waals surface area contributed by atoms with Crippen molar-refractivity contribution in [2.24, 2.45) is 0 Å². The number of rotatable bonds is 5. The van der Waals surface area contributed by atoms with Gasteiger partial charge in [-0.15, -0.1) is 11.8 Å². The van der Waals surface area contributed by atoms with E-state index in [-0.39, 0.29) is 61.0 Å². The summed E-state index contributed by atoms with van der Waals surface area (Å²) in [5, 5.41) is 5.79. The number of amides is 5. The molecule has 1 saturated heterocycles. The Labute approximate surface area is 234 Å². The smallest absolute Gasteiger partial charge is 0.254 e. The summed E-state index contributed by atoms with van der Waals surface area (Å²) in [4.78, 5) is 71.9. The van der Waals surface area contributed by atoms with Crippen LogP contribution in [-0.2, 0) is 19.2 Å². The number of carbonyl (C=O) groups is 5. The molecule has 214 valence electrons. The van der Waals surface area contributed by atoms with Crippen LogP contribution in [0.5, 0.6) is 0 Å². The van der Waals surface area contributed by atoms with E-state index < -0.39 is 6.04 Å². The summed E-state index contributed by atoms with van der Waals surface area (Å²) < 4.78 is 0. The van der Waals surface area contributed by atoms with Crippen molar-refractivity contribution in [2.45, 2.75) is 49.2 Å². The maximum atomic E-state index is 13.5. The molecule has 2 aliphatic heterocycles. The maximum Gasteiger partial charge on any atom is 0.254 e. The lowest BCUT2D eigenvalue weighted by atomic mass is 10.1. The molecule has 39 heavy (non-hydrogen) atoms. The number of hydrogen-bond donors (Lipinski definition) is 2. The fraction of sp³-hybridized carbons (Fsp3) is 0.593. The fourth-order valence-corrected chi connectivity index (χ4v) is 5.97. The van der Waals surface area contributed by atoms with E-state index in [1.807, 2.05) is 25.1 Å². The van der Waals surface area contributed by atoms with Crippen molar-refractivity contribution >= 4 is 41.3 Å². The average molecular weight is 561 g/mol. The molecular formula is C27H40N6O5S. The highest BCUT2D eigenvalue weighted by Crippen LogP contribution is 2.28. The van der Waals surface area contributed by atoms with Gasteiger partial charge in [-0.3, -0.25) is 24.0 Å². The summed E-state index contributed by atoms with van der Waals surface area (Å²) in [5.74, 6) is -0.675. The number of fused-ring (bicyclic) bond motifs is 3. The SMILES string of the molecule is CC(=O)N[C@@H]1C[C@H]2CSc3cccc(c3)C(=O)N(C)[C@H](C(=O)NCCN(C)C)CCC(=O)N(C)CC(=O)N2C1. The first-order valence-electron chi connectivity index (χ1n) is 13.2. The second-order valence-electron chi connectivity index (χ2n) is 10.5.